The topological polar surface area (TPSA) is 127 Å². The van der Waals surface area contributed by atoms with E-state index < -0.39 is 32.9 Å². The van der Waals surface area contributed by atoms with E-state index >= 15 is 0 Å². The fraction of sp³-hybridized carbons (Fsp3) is 0.150. The van der Waals surface area contributed by atoms with E-state index in [1.165, 1.54) is 48.5 Å². The van der Waals surface area contributed by atoms with E-state index in [-0.39, 0.29) is 28.5 Å². The van der Waals surface area contributed by atoms with Crippen LogP contribution in [0, 0.1) is 12.7 Å². The van der Waals surface area contributed by atoms with Gasteiger partial charge in [-0.1, -0.05) is 18.2 Å². The molecule has 0 radical (unpaired) electrons. The molecule has 1 saturated heterocycles. The summed E-state index contributed by atoms with van der Waals surface area (Å²) in [4.78, 5) is 38.1. The molecule has 0 bridgehead atoms. The van der Waals surface area contributed by atoms with Gasteiger partial charge in [-0.2, -0.15) is 0 Å². The van der Waals surface area contributed by atoms with Crippen LogP contribution in [-0.2, 0) is 14.8 Å². The lowest BCUT2D eigenvalue weighted by Gasteiger charge is -2.14. The fourth-order valence-corrected chi connectivity index (χ4v) is 4.21. The number of nitrogens with one attached hydrogen (secondary N) is 1. The number of nitrogens with two attached hydrogens (primary N) is 1. The molecule has 0 saturated carbocycles. The van der Waals surface area contributed by atoms with E-state index in [0.29, 0.717) is 11.1 Å². The maximum Gasteiger partial charge on any atom is 0.293 e. The van der Waals surface area contributed by atoms with Crippen molar-refractivity contribution >= 4 is 44.9 Å². The summed E-state index contributed by atoms with van der Waals surface area (Å²) in [5.41, 5.74) is 1.24. The van der Waals surface area contributed by atoms with Gasteiger partial charge in [-0.3, -0.25) is 19.3 Å². The zero-order valence-electron chi connectivity index (χ0n) is 16.3. The molecule has 3 amide bonds. The molecule has 8 nitrogen and oxygen atoms in total. The lowest BCUT2D eigenvalue weighted by molar-refractivity contribution is -0.122. The van der Waals surface area contributed by atoms with E-state index in [1.54, 1.807) is 6.92 Å². The minimum absolute atomic E-state index is 0.0280. The van der Waals surface area contributed by atoms with Crippen molar-refractivity contribution < 1.29 is 27.2 Å². The Morgan fingerprint density at radius 3 is 2.52 bits per heavy atom. The first-order chi connectivity index (χ1) is 14.6. The highest BCUT2D eigenvalue weighted by Crippen LogP contribution is 2.31. The van der Waals surface area contributed by atoms with Crippen LogP contribution in [0.3, 0.4) is 0 Å². The predicted octanol–water partition coefficient (Wildman–Crippen LogP) is 2.25. The van der Waals surface area contributed by atoms with E-state index in [9.17, 15) is 27.2 Å². The minimum atomic E-state index is -3.97. The second-order valence-electron chi connectivity index (χ2n) is 6.66. The van der Waals surface area contributed by atoms with Crippen LogP contribution in [-0.4, -0.2) is 43.5 Å². The number of rotatable bonds is 6. The Balaban J connectivity index is 1.64. The Kier molecular flexibility index (Phi) is 6.58. The number of hydrogen-bond acceptors (Lipinski definition) is 6. The Hall–Kier alpha value is -3.02. The molecule has 1 aliphatic rings. The van der Waals surface area contributed by atoms with Crippen LogP contribution in [0.2, 0.25) is 0 Å². The number of carbonyl (C=O) groups excluding carboxylic acids is 3. The monoisotopic (exact) mass is 463 g/mol. The average Bonchev–Trinajstić information content (AvgIpc) is 2.96. The van der Waals surface area contributed by atoms with Gasteiger partial charge in [0.1, 0.15) is 5.82 Å². The predicted molar refractivity (Wildman–Crippen MR) is 114 cm³/mol. The van der Waals surface area contributed by atoms with Gasteiger partial charge < -0.3 is 5.32 Å². The number of halogens is 1. The molecule has 1 heterocycles. The first-order valence-electron chi connectivity index (χ1n) is 8.99. The average molecular weight is 464 g/mol. The smallest absolute Gasteiger partial charge is 0.293 e. The largest absolute Gasteiger partial charge is 0.350 e. The summed E-state index contributed by atoms with van der Waals surface area (Å²) in [6, 6.07) is 9.41. The van der Waals surface area contributed by atoms with Crippen LogP contribution in [0.5, 0.6) is 0 Å². The number of aryl methyl sites for hydroxylation is 1. The molecule has 0 aliphatic carbocycles. The van der Waals surface area contributed by atoms with Crippen LogP contribution in [0.15, 0.2) is 52.3 Å². The van der Waals surface area contributed by atoms with Crippen molar-refractivity contribution in [3.05, 3.63) is 69.9 Å². The molecule has 0 aromatic heterocycles. The van der Waals surface area contributed by atoms with Crippen molar-refractivity contribution in [1.82, 2.24) is 10.2 Å². The maximum absolute atomic E-state index is 13.0. The lowest BCUT2D eigenvalue weighted by atomic mass is 10.1. The van der Waals surface area contributed by atoms with Gasteiger partial charge in [-0.15, -0.1) is 0 Å². The first kappa shape index (κ1) is 22.7. The lowest BCUT2D eigenvalue weighted by Crippen LogP contribution is -2.37. The van der Waals surface area contributed by atoms with E-state index in [1.807, 2.05) is 0 Å². The van der Waals surface area contributed by atoms with Gasteiger partial charge in [-0.25, -0.2) is 17.9 Å². The number of hydrogen-bond donors (Lipinski definition) is 2. The Morgan fingerprint density at radius 2 is 1.87 bits per heavy atom. The Labute approximate surface area is 182 Å². The zero-order valence-corrected chi connectivity index (χ0v) is 17.9. The van der Waals surface area contributed by atoms with Crippen molar-refractivity contribution in [3.63, 3.8) is 0 Å². The first-order valence-corrected chi connectivity index (χ1v) is 11.3. The van der Waals surface area contributed by atoms with Crippen molar-refractivity contribution in [2.45, 2.75) is 11.8 Å². The highest BCUT2D eigenvalue weighted by atomic mass is 32.2. The molecular formula is C20H18FN3O5S2. The van der Waals surface area contributed by atoms with Gasteiger partial charge >= 0.3 is 0 Å². The highest BCUT2D eigenvalue weighted by molar-refractivity contribution is 8.18. The van der Waals surface area contributed by atoms with Gasteiger partial charge in [0, 0.05) is 18.7 Å². The van der Waals surface area contributed by atoms with Crippen molar-refractivity contribution in [2.24, 2.45) is 5.14 Å². The molecule has 0 atom stereocenters. The third-order valence-electron chi connectivity index (χ3n) is 4.44. The fourth-order valence-electron chi connectivity index (χ4n) is 2.80. The summed E-state index contributed by atoms with van der Waals surface area (Å²) in [7, 11) is -3.97. The number of imide groups is 1. The van der Waals surface area contributed by atoms with Crippen LogP contribution in [0.4, 0.5) is 9.18 Å². The summed E-state index contributed by atoms with van der Waals surface area (Å²) in [6.45, 7) is 1.54. The Morgan fingerprint density at radius 1 is 1.19 bits per heavy atom. The zero-order chi connectivity index (χ0) is 22.8. The summed E-state index contributed by atoms with van der Waals surface area (Å²) >= 11 is 0.755. The van der Waals surface area contributed by atoms with Crippen LogP contribution in [0.25, 0.3) is 6.08 Å². The molecule has 0 spiro atoms. The molecule has 3 rings (SSSR count). The molecule has 1 aliphatic heterocycles. The van der Waals surface area contributed by atoms with Gasteiger partial charge in [0.05, 0.1) is 9.80 Å². The third kappa shape index (κ3) is 5.37. The number of carbonyl (C=O) groups is 3. The second kappa shape index (κ2) is 9.00. The molecule has 0 unspecified atom stereocenters. The van der Waals surface area contributed by atoms with E-state index in [4.69, 9.17) is 5.14 Å². The van der Waals surface area contributed by atoms with Crippen molar-refractivity contribution in [1.29, 1.82) is 0 Å². The number of primary sulfonamides is 1. The summed E-state index contributed by atoms with van der Waals surface area (Å²) in [5.74, 6) is -1.48. The normalized spacial score (nSPS) is 15.6. The van der Waals surface area contributed by atoms with Crippen LogP contribution >= 0.6 is 11.8 Å². The molecule has 1 fully saturated rings. The van der Waals surface area contributed by atoms with Gasteiger partial charge in [-0.05, 0) is 60.2 Å². The number of sulfonamides is 1. The third-order valence-corrected chi connectivity index (χ3v) is 6.26. The standard InChI is InChI=1S/C20H18FN3O5S2/c1-12-2-7-15(31(22,28)29)11-16(12)18(25)23-8-9-24-19(26)17(30-20(24)27)10-13-3-5-14(21)6-4-13/h2-7,10-11H,8-9H2,1H3,(H,23,25)(H2,22,28,29)/b17-10-. The molecule has 31 heavy (non-hydrogen) atoms. The molecule has 3 N–H and O–H groups in total. The minimum Gasteiger partial charge on any atom is -0.350 e. The number of thioether (sulfide) groups is 1. The number of amides is 3. The molecule has 11 heteroatoms. The summed E-state index contributed by atoms with van der Waals surface area (Å²) < 4.78 is 36.0. The van der Waals surface area contributed by atoms with E-state index in [2.05, 4.69) is 5.32 Å². The Bertz CT molecular complexity index is 1190. The molecule has 162 valence electrons. The highest BCUT2D eigenvalue weighted by Gasteiger charge is 2.34. The SMILES string of the molecule is Cc1ccc(S(N)(=O)=O)cc1C(=O)NCCN1C(=O)S/C(=C\c2ccc(F)cc2)C1=O. The van der Waals surface area contributed by atoms with E-state index in [0.717, 1.165) is 16.7 Å². The van der Waals surface area contributed by atoms with Crippen molar-refractivity contribution in [3.8, 4) is 0 Å². The molecule has 2 aromatic rings. The molecule has 2 aromatic carbocycles. The summed E-state index contributed by atoms with van der Waals surface area (Å²) in [5, 5.41) is 7.18. The van der Waals surface area contributed by atoms with Crippen LogP contribution in [0.1, 0.15) is 21.5 Å². The van der Waals surface area contributed by atoms with Gasteiger partial charge in [0.25, 0.3) is 17.1 Å². The van der Waals surface area contributed by atoms with Gasteiger partial charge in [0.2, 0.25) is 10.0 Å². The number of benzene rings is 2. The quantitative estimate of drug-likeness (QED) is 0.633. The maximum atomic E-state index is 13.0. The second-order valence-corrected chi connectivity index (χ2v) is 9.22. The van der Waals surface area contributed by atoms with Crippen molar-refractivity contribution in [2.75, 3.05) is 13.1 Å². The molecular weight excluding hydrogens is 445 g/mol. The summed E-state index contributed by atoms with van der Waals surface area (Å²) in [6.07, 6.45) is 1.49. The van der Waals surface area contributed by atoms with Crippen LogP contribution < -0.4 is 10.5 Å². The van der Waals surface area contributed by atoms with Gasteiger partial charge in [0.15, 0.2) is 0 Å². The number of nitrogens with zero attached hydrogens (tertiary/aromatic N) is 1.